The molecule has 7 nitrogen and oxygen atoms in total. The molecule has 0 aliphatic heterocycles. The van der Waals surface area contributed by atoms with E-state index in [1.165, 1.54) is 12.1 Å². The minimum Gasteiger partial charge on any atom is -0.266 e. The maximum absolute atomic E-state index is 11.9. The lowest BCUT2D eigenvalue weighted by atomic mass is 10.2. The summed E-state index contributed by atoms with van der Waals surface area (Å²) in [6, 6.07) is 6.49. The molecule has 0 aliphatic rings. The molecule has 0 amide bonds. The summed E-state index contributed by atoms with van der Waals surface area (Å²) in [6.07, 6.45) is 3.60. The molecule has 1 aromatic rings. The molecule has 2 N–H and O–H groups in total. The van der Waals surface area contributed by atoms with E-state index in [0.29, 0.717) is 12.8 Å². The zero-order valence-electron chi connectivity index (χ0n) is 13.1. The van der Waals surface area contributed by atoms with Gasteiger partial charge < -0.3 is 0 Å². The fraction of sp³-hybridized carbons (Fsp3) is 0.571. The maximum Gasteiger partial charge on any atom is 0.333 e. The molecule has 0 fully saturated rings. The van der Waals surface area contributed by atoms with E-state index in [-0.39, 0.29) is 18.1 Å². The molecular formula is C14H23NO6S2. The number of benzene rings is 1. The molecule has 0 unspecified atom stereocenters. The van der Waals surface area contributed by atoms with Gasteiger partial charge in [-0.1, -0.05) is 37.0 Å². The number of aryl methyl sites for hydroxylation is 1. The van der Waals surface area contributed by atoms with Gasteiger partial charge in [-0.2, -0.15) is 16.8 Å². The van der Waals surface area contributed by atoms with Gasteiger partial charge in [0.2, 0.25) is 0 Å². The van der Waals surface area contributed by atoms with Crippen LogP contribution in [-0.2, 0) is 28.8 Å². The fourth-order valence-corrected chi connectivity index (χ4v) is 3.14. The van der Waals surface area contributed by atoms with Gasteiger partial charge in [-0.3, -0.25) is 8.37 Å². The van der Waals surface area contributed by atoms with Gasteiger partial charge in [0.25, 0.3) is 10.1 Å². The molecule has 0 saturated carbocycles. The molecule has 0 atom stereocenters. The first-order valence-corrected chi connectivity index (χ1v) is 10.2. The monoisotopic (exact) mass is 365 g/mol. The van der Waals surface area contributed by atoms with Gasteiger partial charge in [-0.05, 0) is 31.9 Å². The molecule has 23 heavy (non-hydrogen) atoms. The number of unbranched alkanes of at least 4 members (excludes halogenated alkanes) is 4. The van der Waals surface area contributed by atoms with Crippen LogP contribution in [0.5, 0.6) is 0 Å². The minimum absolute atomic E-state index is 0.0666. The van der Waals surface area contributed by atoms with E-state index >= 15 is 0 Å². The highest BCUT2D eigenvalue weighted by molar-refractivity contribution is 7.86. The first kappa shape index (κ1) is 20.0. The van der Waals surface area contributed by atoms with Crippen molar-refractivity contribution in [3.05, 3.63) is 29.8 Å². The van der Waals surface area contributed by atoms with Crippen LogP contribution in [0.1, 0.15) is 37.7 Å². The Kier molecular flexibility index (Phi) is 8.13. The van der Waals surface area contributed by atoms with Crippen molar-refractivity contribution in [1.82, 2.24) is 0 Å². The third-order valence-electron chi connectivity index (χ3n) is 3.08. The normalized spacial score (nSPS) is 12.4. The molecule has 0 aliphatic carbocycles. The summed E-state index contributed by atoms with van der Waals surface area (Å²) in [5.41, 5.74) is 0.982. The minimum atomic E-state index is -3.86. The van der Waals surface area contributed by atoms with Crippen LogP contribution in [-0.4, -0.2) is 30.0 Å². The lowest BCUT2D eigenvalue weighted by Crippen LogP contribution is -2.16. The fourth-order valence-electron chi connectivity index (χ4n) is 1.85. The second kappa shape index (κ2) is 9.33. The van der Waals surface area contributed by atoms with Crippen LogP contribution in [0.2, 0.25) is 0 Å². The highest BCUT2D eigenvalue weighted by Crippen LogP contribution is 2.14. The molecule has 0 spiro atoms. The van der Waals surface area contributed by atoms with Crippen molar-refractivity contribution in [2.24, 2.45) is 5.14 Å². The van der Waals surface area contributed by atoms with Gasteiger partial charge in [-0.15, -0.1) is 0 Å². The summed E-state index contributed by atoms with van der Waals surface area (Å²) in [4.78, 5) is 0.156. The van der Waals surface area contributed by atoms with Gasteiger partial charge in [0, 0.05) is 0 Å². The van der Waals surface area contributed by atoms with E-state index in [4.69, 9.17) is 4.18 Å². The zero-order chi connectivity index (χ0) is 17.3. The highest BCUT2D eigenvalue weighted by atomic mass is 32.2. The Bertz CT molecular complexity index is 668. The van der Waals surface area contributed by atoms with Gasteiger partial charge in [0.05, 0.1) is 18.1 Å². The predicted octanol–water partition coefficient (Wildman–Crippen LogP) is 1.87. The Labute approximate surface area is 138 Å². The molecular weight excluding hydrogens is 342 g/mol. The molecule has 132 valence electrons. The molecule has 0 heterocycles. The van der Waals surface area contributed by atoms with Gasteiger partial charge in [0.15, 0.2) is 0 Å². The number of hydrogen-bond acceptors (Lipinski definition) is 6. The number of rotatable bonds is 11. The summed E-state index contributed by atoms with van der Waals surface area (Å²) in [5.74, 6) is 0. The van der Waals surface area contributed by atoms with E-state index in [1.54, 1.807) is 12.1 Å². The second-order valence-corrected chi connectivity index (χ2v) is 8.01. The average Bonchev–Trinajstić information content (AvgIpc) is 2.44. The second-order valence-electron chi connectivity index (χ2n) is 5.17. The Balaban J connectivity index is 2.14. The van der Waals surface area contributed by atoms with Crippen LogP contribution in [0.15, 0.2) is 29.2 Å². The zero-order valence-corrected chi connectivity index (χ0v) is 14.7. The predicted molar refractivity (Wildman–Crippen MR) is 86.5 cm³/mol. The molecule has 1 rings (SSSR count). The summed E-state index contributed by atoms with van der Waals surface area (Å²) < 4.78 is 54.2. The molecule has 0 saturated heterocycles. The molecule has 0 aromatic heterocycles. The molecule has 1 aromatic carbocycles. The van der Waals surface area contributed by atoms with Crippen molar-refractivity contribution in [2.45, 2.75) is 43.9 Å². The van der Waals surface area contributed by atoms with Crippen LogP contribution >= 0.6 is 0 Å². The van der Waals surface area contributed by atoms with E-state index in [9.17, 15) is 16.8 Å². The van der Waals surface area contributed by atoms with Crippen molar-refractivity contribution in [2.75, 3.05) is 13.2 Å². The van der Waals surface area contributed by atoms with Gasteiger partial charge in [-0.25, -0.2) is 5.14 Å². The summed E-state index contributed by atoms with van der Waals surface area (Å²) in [6.45, 7) is 2.08. The molecule has 0 bridgehead atoms. The lowest BCUT2D eigenvalue weighted by molar-refractivity contribution is 0.297. The Morgan fingerprint density at radius 1 is 0.826 bits per heavy atom. The van der Waals surface area contributed by atoms with Crippen LogP contribution in [0.4, 0.5) is 0 Å². The largest absolute Gasteiger partial charge is 0.333 e. The number of hydrogen-bond donors (Lipinski definition) is 1. The van der Waals surface area contributed by atoms with Crippen molar-refractivity contribution in [3.8, 4) is 0 Å². The average molecular weight is 365 g/mol. The van der Waals surface area contributed by atoms with E-state index in [1.807, 2.05) is 6.92 Å². The maximum atomic E-state index is 11.9. The highest BCUT2D eigenvalue weighted by Gasteiger charge is 2.14. The van der Waals surface area contributed by atoms with Crippen LogP contribution in [0, 0.1) is 6.92 Å². The summed E-state index contributed by atoms with van der Waals surface area (Å²) >= 11 is 0. The van der Waals surface area contributed by atoms with Crippen molar-refractivity contribution >= 4 is 20.4 Å². The summed E-state index contributed by atoms with van der Waals surface area (Å²) in [7, 11) is -7.55. The topological polar surface area (TPSA) is 113 Å². The summed E-state index contributed by atoms with van der Waals surface area (Å²) in [5, 5.41) is 4.69. The third kappa shape index (κ3) is 9.01. The Morgan fingerprint density at radius 2 is 1.30 bits per heavy atom. The van der Waals surface area contributed by atoms with Crippen molar-refractivity contribution in [3.63, 3.8) is 0 Å². The first-order valence-electron chi connectivity index (χ1n) is 7.34. The first-order chi connectivity index (χ1) is 10.7. The Hall–Kier alpha value is -1.00. The van der Waals surface area contributed by atoms with Crippen LogP contribution in [0.25, 0.3) is 0 Å². The third-order valence-corrected chi connectivity index (χ3v) is 4.91. The van der Waals surface area contributed by atoms with Crippen LogP contribution < -0.4 is 5.14 Å². The smallest absolute Gasteiger partial charge is 0.266 e. The van der Waals surface area contributed by atoms with E-state index in [0.717, 1.165) is 24.8 Å². The SMILES string of the molecule is Cc1ccc(S(=O)(=O)OCCCCCCCOS(N)(=O)=O)cc1. The van der Waals surface area contributed by atoms with Gasteiger partial charge >= 0.3 is 10.3 Å². The van der Waals surface area contributed by atoms with Gasteiger partial charge in [0.1, 0.15) is 0 Å². The van der Waals surface area contributed by atoms with E-state index < -0.39 is 20.4 Å². The lowest BCUT2D eigenvalue weighted by Gasteiger charge is -2.06. The van der Waals surface area contributed by atoms with E-state index in [2.05, 4.69) is 9.32 Å². The van der Waals surface area contributed by atoms with Crippen molar-refractivity contribution in [1.29, 1.82) is 0 Å². The quantitative estimate of drug-likeness (QED) is 0.473. The standard InChI is InChI=1S/C14H23NO6S2/c1-13-7-9-14(10-8-13)22(16,17)20-11-5-3-2-4-6-12-21-23(15,18)19/h7-10H,2-6,11-12H2,1H3,(H2,15,18,19). The van der Waals surface area contributed by atoms with Crippen LogP contribution in [0.3, 0.4) is 0 Å². The molecule has 0 radical (unpaired) electrons. The van der Waals surface area contributed by atoms with Crippen molar-refractivity contribution < 1.29 is 25.2 Å². The Morgan fingerprint density at radius 3 is 1.83 bits per heavy atom. The molecule has 9 heteroatoms. The number of nitrogens with two attached hydrogens (primary N) is 1.